The zero-order chi connectivity index (χ0) is 21.7. The third kappa shape index (κ3) is 8.27. The van der Waals surface area contributed by atoms with Gasteiger partial charge < -0.3 is 4.74 Å². The first kappa shape index (κ1) is 24.3. The van der Waals surface area contributed by atoms with Crippen LogP contribution in [0.2, 0.25) is 0 Å². The van der Waals surface area contributed by atoms with Crippen LogP contribution in [-0.2, 0) is 6.42 Å². The minimum atomic E-state index is 0.838. The Morgan fingerprint density at radius 1 is 0.645 bits per heavy atom. The highest BCUT2D eigenvalue weighted by Crippen LogP contribution is 2.39. The molecule has 0 radical (unpaired) electrons. The molecule has 0 spiro atoms. The molecule has 170 valence electrons. The number of hydrogen-bond acceptors (Lipinski definition) is 3. The maximum absolute atomic E-state index is 5.97. The van der Waals surface area contributed by atoms with Crippen molar-refractivity contribution in [3.05, 3.63) is 41.3 Å². The van der Waals surface area contributed by atoms with Crippen molar-refractivity contribution in [2.75, 3.05) is 6.61 Å². The van der Waals surface area contributed by atoms with Crippen molar-refractivity contribution in [3.8, 4) is 16.2 Å². The lowest BCUT2D eigenvalue weighted by atomic mass is 10.1. The highest BCUT2D eigenvalue weighted by molar-refractivity contribution is 7.29. The summed E-state index contributed by atoms with van der Waals surface area (Å²) in [6.07, 6.45) is 17.4. The lowest BCUT2D eigenvalue weighted by Gasteiger charge is -2.07. The van der Waals surface area contributed by atoms with E-state index < -0.39 is 0 Å². The number of hydrogen-bond donors (Lipinski definition) is 0. The molecule has 0 aliphatic rings. The van der Waals surface area contributed by atoms with E-state index in [2.05, 4.69) is 50.2 Å². The molecule has 31 heavy (non-hydrogen) atoms. The van der Waals surface area contributed by atoms with Crippen LogP contribution in [0.5, 0.6) is 5.75 Å². The number of unbranched alkanes of at least 4 members (excludes halogenated alkanes) is 10. The standard InChI is InChI=1S/C28H40OS2/c1-3-5-7-8-9-10-11-12-14-20-29-24-18-16-23(17-19-24)26-22-28-27(31-26)21-25(30-28)15-13-6-4-2/h16-19,21-22H,3-15,20H2,1-2H3. The molecular formula is C28H40OS2. The smallest absolute Gasteiger partial charge is 0.119 e. The summed E-state index contributed by atoms with van der Waals surface area (Å²) in [7, 11) is 0. The minimum absolute atomic E-state index is 0.838. The lowest BCUT2D eigenvalue weighted by Crippen LogP contribution is -1.97. The number of ether oxygens (including phenoxy) is 1. The molecule has 2 heterocycles. The zero-order valence-electron chi connectivity index (χ0n) is 19.6. The van der Waals surface area contributed by atoms with Crippen LogP contribution < -0.4 is 4.74 Å². The Balaban J connectivity index is 1.36. The van der Waals surface area contributed by atoms with Crippen molar-refractivity contribution < 1.29 is 4.74 Å². The Morgan fingerprint density at radius 2 is 1.26 bits per heavy atom. The van der Waals surface area contributed by atoms with E-state index in [0.717, 1.165) is 12.4 Å². The molecule has 0 N–H and O–H groups in total. The summed E-state index contributed by atoms with van der Waals surface area (Å²) in [5, 5.41) is 0. The average molecular weight is 457 g/mol. The maximum atomic E-state index is 5.97. The molecule has 1 nitrogen and oxygen atoms in total. The molecule has 0 fully saturated rings. The largest absolute Gasteiger partial charge is 0.494 e. The second kappa shape index (κ2) is 14.0. The van der Waals surface area contributed by atoms with Gasteiger partial charge in [-0.3, -0.25) is 0 Å². The molecule has 3 rings (SSSR count). The molecule has 0 unspecified atom stereocenters. The quantitative estimate of drug-likeness (QED) is 0.195. The van der Waals surface area contributed by atoms with E-state index in [1.807, 2.05) is 22.7 Å². The van der Waals surface area contributed by atoms with Gasteiger partial charge in [-0.05, 0) is 61.2 Å². The minimum Gasteiger partial charge on any atom is -0.494 e. The van der Waals surface area contributed by atoms with Gasteiger partial charge in [0.2, 0.25) is 0 Å². The molecule has 0 saturated carbocycles. The average Bonchev–Trinajstić information content (AvgIpc) is 3.35. The molecule has 1 aromatic carbocycles. The van der Waals surface area contributed by atoms with Crippen LogP contribution in [-0.4, -0.2) is 6.61 Å². The van der Waals surface area contributed by atoms with Crippen LogP contribution in [0.1, 0.15) is 95.8 Å². The van der Waals surface area contributed by atoms with E-state index in [-0.39, 0.29) is 0 Å². The normalized spacial score (nSPS) is 11.4. The van der Waals surface area contributed by atoms with Crippen LogP contribution >= 0.6 is 22.7 Å². The van der Waals surface area contributed by atoms with Gasteiger partial charge in [0.05, 0.1) is 6.61 Å². The van der Waals surface area contributed by atoms with Gasteiger partial charge in [-0.2, -0.15) is 0 Å². The number of rotatable bonds is 16. The van der Waals surface area contributed by atoms with Gasteiger partial charge in [-0.15, -0.1) is 22.7 Å². The first-order chi connectivity index (χ1) is 15.3. The Bertz CT molecular complexity index is 827. The number of aryl methyl sites for hydroxylation is 1. The fraction of sp³-hybridized carbons (Fsp3) is 0.571. The van der Waals surface area contributed by atoms with E-state index in [0.29, 0.717) is 0 Å². The van der Waals surface area contributed by atoms with Crippen molar-refractivity contribution in [1.29, 1.82) is 0 Å². The molecule has 0 atom stereocenters. The van der Waals surface area contributed by atoms with E-state index in [1.165, 1.54) is 103 Å². The summed E-state index contributed by atoms with van der Waals surface area (Å²) in [5.74, 6) is 1.000. The third-order valence-corrected chi connectivity index (χ3v) is 8.34. The molecule has 0 aliphatic carbocycles. The summed E-state index contributed by atoms with van der Waals surface area (Å²) in [4.78, 5) is 2.91. The summed E-state index contributed by atoms with van der Waals surface area (Å²) in [6.45, 7) is 5.39. The molecule has 0 amide bonds. The van der Waals surface area contributed by atoms with E-state index >= 15 is 0 Å². The van der Waals surface area contributed by atoms with E-state index in [1.54, 1.807) is 4.88 Å². The van der Waals surface area contributed by atoms with Crippen molar-refractivity contribution in [3.63, 3.8) is 0 Å². The molecule has 3 aromatic rings. The molecule has 0 aliphatic heterocycles. The predicted molar refractivity (Wildman–Crippen MR) is 141 cm³/mol. The zero-order valence-corrected chi connectivity index (χ0v) is 21.2. The first-order valence-corrected chi connectivity index (χ1v) is 14.2. The Kier molecular flexibility index (Phi) is 11.0. The fourth-order valence-corrected chi connectivity index (χ4v) is 6.49. The van der Waals surface area contributed by atoms with Crippen molar-refractivity contribution in [2.24, 2.45) is 0 Å². The SMILES string of the molecule is CCCCCCCCCCCOc1ccc(-c2cc3sc(CCCCC)cc3s2)cc1. The Hall–Kier alpha value is -1.32. The Labute approximate surface area is 197 Å². The molecule has 0 saturated heterocycles. The number of benzene rings is 1. The van der Waals surface area contributed by atoms with Crippen molar-refractivity contribution in [2.45, 2.75) is 97.3 Å². The van der Waals surface area contributed by atoms with E-state index in [9.17, 15) is 0 Å². The van der Waals surface area contributed by atoms with Crippen LogP contribution in [0.25, 0.3) is 19.8 Å². The molecule has 0 bridgehead atoms. The lowest BCUT2D eigenvalue weighted by molar-refractivity contribution is 0.304. The molecule has 2 aromatic heterocycles. The summed E-state index contributed by atoms with van der Waals surface area (Å²) in [5.41, 5.74) is 1.30. The van der Waals surface area contributed by atoms with E-state index in [4.69, 9.17) is 4.74 Å². The van der Waals surface area contributed by atoms with Gasteiger partial charge in [0.15, 0.2) is 0 Å². The highest BCUT2D eigenvalue weighted by Gasteiger charge is 2.09. The fourth-order valence-electron chi connectivity index (χ4n) is 4.02. The molecular weight excluding hydrogens is 416 g/mol. The highest BCUT2D eigenvalue weighted by atomic mass is 32.1. The Morgan fingerprint density at radius 3 is 1.94 bits per heavy atom. The second-order valence-corrected chi connectivity index (χ2v) is 11.0. The topological polar surface area (TPSA) is 9.23 Å². The van der Waals surface area contributed by atoms with Gasteiger partial charge in [-0.1, -0.05) is 78.1 Å². The van der Waals surface area contributed by atoms with Gasteiger partial charge in [0.25, 0.3) is 0 Å². The van der Waals surface area contributed by atoms with Gasteiger partial charge in [-0.25, -0.2) is 0 Å². The number of fused-ring (bicyclic) bond motifs is 1. The molecule has 3 heteroatoms. The summed E-state index contributed by atoms with van der Waals surface area (Å²) < 4.78 is 8.85. The first-order valence-electron chi connectivity index (χ1n) is 12.6. The van der Waals surface area contributed by atoms with Crippen molar-refractivity contribution >= 4 is 32.1 Å². The third-order valence-electron chi connectivity index (χ3n) is 5.94. The van der Waals surface area contributed by atoms with Crippen molar-refractivity contribution in [1.82, 2.24) is 0 Å². The maximum Gasteiger partial charge on any atom is 0.119 e. The second-order valence-electron chi connectivity index (χ2n) is 8.71. The number of thiophene rings is 2. The summed E-state index contributed by atoms with van der Waals surface area (Å²) >= 11 is 3.90. The predicted octanol–water partition coefficient (Wildman–Crippen LogP) is 10.3. The van der Waals surface area contributed by atoms with Gasteiger partial charge in [0.1, 0.15) is 5.75 Å². The van der Waals surface area contributed by atoms with Gasteiger partial charge in [0, 0.05) is 19.2 Å². The van der Waals surface area contributed by atoms with Crippen LogP contribution in [0.3, 0.4) is 0 Å². The summed E-state index contributed by atoms with van der Waals surface area (Å²) in [6, 6.07) is 13.5. The van der Waals surface area contributed by atoms with Crippen LogP contribution in [0, 0.1) is 0 Å². The monoisotopic (exact) mass is 456 g/mol. The van der Waals surface area contributed by atoms with Crippen LogP contribution in [0.15, 0.2) is 36.4 Å². The van der Waals surface area contributed by atoms with Gasteiger partial charge >= 0.3 is 0 Å². The van der Waals surface area contributed by atoms with Crippen LogP contribution in [0.4, 0.5) is 0 Å².